The Kier molecular flexibility index (Phi) is 9.21. The molecule has 0 aliphatic carbocycles. The molecule has 9 heteroatoms. The van der Waals surface area contributed by atoms with E-state index >= 15 is 0 Å². The van der Waals surface area contributed by atoms with E-state index < -0.39 is 0 Å². The standard InChI is InChI=1S/C28H35ClN4O4/c1-7-8-15-32(27(35)20-14-13-19(36-5)16-23(20)37-6)18-26(34)30-25-17-24(28(2,3)4)31-33(25)22-12-10-9-11-21(22)29/h9-14,16-17H,7-8,15,18H2,1-6H3,(H,30,34). The second-order valence-electron chi connectivity index (χ2n) is 9.72. The number of nitrogens with zero attached hydrogens (tertiary/aromatic N) is 3. The zero-order valence-electron chi connectivity index (χ0n) is 22.3. The number of hydrogen-bond acceptors (Lipinski definition) is 5. The van der Waals surface area contributed by atoms with Crippen LogP contribution in [0.25, 0.3) is 5.69 Å². The van der Waals surface area contributed by atoms with E-state index in [1.165, 1.54) is 12.0 Å². The largest absolute Gasteiger partial charge is 0.497 e. The van der Waals surface area contributed by atoms with Gasteiger partial charge in [-0.3, -0.25) is 9.59 Å². The van der Waals surface area contributed by atoms with Crippen LogP contribution in [0.5, 0.6) is 11.5 Å². The Morgan fingerprint density at radius 3 is 2.43 bits per heavy atom. The van der Waals surface area contributed by atoms with Crippen molar-refractivity contribution in [1.82, 2.24) is 14.7 Å². The van der Waals surface area contributed by atoms with Gasteiger partial charge in [-0.25, -0.2) is 4.68 Å². The molecule has 0 saturated carbocycles. The molecule has 3 aromatic rings. The van der Waals surface area contributed by atoms with E-state index in [-0.39, 0.29) is 23.8 Å². The van der Waals surface area contributed by atoms with Gasteiger partial charge in [-0.2, -0.15) is 5.10 Å². The Morgan fingerprint density at radius 1 is 1.08 bits per heavy atom. The van der Waals surface area contributed by atoms with E-state index in [9.17, 15) is 9.59 Å². The van der Waals surface area contributed by atoms with Crippen LogP contribution in [0.15, 0.2) is 48.5 Å². The molecule has 3 rings (SSSR count). The number of hydrogen-bond donors (Lipinski definition) is 1. The summed E-state index contributed by atoms with van der Waals surface area (Å²) < 4.78 is 12.3. The molecule has 0 unspecified atom stereocenters. The van der Waals surface area contributed by atoms with E-state index in [1.54, 1.807) is 36.1 Å². The highest BCUT2D eigenvalue weighted by molar-refractivity contribution is 6.32. The monoisotopic (exact) mass is 526 g/mol. The van der Waals surface area contributed by atoms with Gasteiger partial charge >= 0.3 is 0 Å². The molecule has 1 aromatic heterocycles. The van der Waals surface area contributed by atoms with Gasteiger partial charge in [0.1, 0.15) is 23.9 Å². The lowest BCUT2D eigenvalue weighted by Gasteiger charge is -2.23. The minimum Gasteiger partial charge on any atom is -0.497 e. The molecule has 8 nitrogen and oxygen atoms in total. The number of benzene rings is 2. The molecule has 0 atom stereocenters. The zero-order valence-corrected chi connectivity index (χ0v) is 23.1. The van der Waals surface area contributed by atoms with Crippen molar-refractivity contribution >= 4 is 29.2 Å². The van der Waals surface area contributed by atoms with Crippen molar-refractivity contribution in [2.75, 3.05) is 32.6 Å². The third kappa shape index (κ3) is 6.83. The van der Waals surface area contributed by atoms with Crippen molar-refractivity contribution in [2.24, 2.45) is 0 Å². The molecule has 0 aliphatic rings. The maximum atomic E-state index is 13.5. The molecule has 2 amide bonds. The summed E-state index contributed by atoms with van der Waals surface area (Å²) in [4.78, 5) is 28.3. The number of unbranched alkanes of at least 4 members (excludes halogenated alkanes) is 1. The number of rotatable bonds is 10. The molecule has 0 aliphatic heterocycles. The fourth-order valence-electron chi connectivity index (χ4n) is 3.75. The summed E-state index contributed by atoms with van der Waals surface area (Å²) in [5.74, 6) is 0.809. The molecular formula is C28H35ClN4O4. The van der Waals surface area contributed by atoms with E-state index in [0.717, 1.165) is 18.5 Å². The third-order valence-corrected chi connectivity index (χ3v) is 6.19. The average Bonchev–Trinajstić information content (AvgIpc) is 3.29. The lowest BCUT2D eigenvalue weighted by Crippen LogP contribution is -2.39. The van der Waals surface area contributed by atoms with E-state index in [4.69, 9.17) is 26.2 Å². The number of para-hydroxylation sites is 1. The Morgan fingerprint density at radius 2 is 1.81 bits per heavy atom. The maximum absolute atomic E-state index is 13.5. The average molecular weight is 527 g/mol. The fourth-order valence-corrected chi connectivity index (χ4v) is 3.96. The number of methoxy groups -OCH3 is 2. The first kappa shape index (κ1) is 28.1. The van der Waals surface area contributed by atoms with Gasteiger partial charge in [0.05, 0.1) is 36.2 Å². The number of anilines is 1. The second-order valence-corrected chi connectivity index (χ2v) is 10.1. The first-order valence-corrected chi connectivity index (χ1v) is 12.6. The smallest absolute Gasteiger partial charge is 0.258 e. The Balaban J connectivity index is 1.90. The molecule has 0 bridgehead atoms. The van der Waals surface area contributed by atoms with Crippen LogP contribution in [0.2, 0.25) is 5.02 Å². The van der Waals surface area contributed by atoms with Gasteiger partial charge in [-0.1, -0.05) is 57.8 Å². The summed E-state index contributed by atoms with van der Waals surface area (Å²) in [6, 6.07) is 14.1. The van der Waals surface area contributed by atoms with Gasteiger partial charge in [0.15, 0.2) is 0 Å². The number of nitrogens with one attached hydrogen (secondary N) is 1. The predicted molar refractivity (Wildman–Crippen MR) is 146 cm³/mol. The first-order valence-electron chi connectivity index (χ1n) is 12.3. The summed E-state index contributed by atoms with van der Waals surface area (Å²) >= 11 is 6.44. The van der Waals surface area contributed by atoms with Crippen LogP contribution in [0.4, 0.5) is 5.82 Å². The number of ether oxygens (including phenoxy) is 2. The van der Waals surface area contributed by atoms with Gasteiger partial charge in [-0.15, -0.1) is 0 Å². The topological polar surface area (TPSA) is 85.7 Å². The zero-order chi connectivity index (χ0) is 27.2. The van der Waals surface area contributed by atoms with Crippen LogP contribution in [0, 0.1) is 0 Å². The van der Waals surface area contributed by atoms with Crippen LogP contribution in [-0.2, 0) is 10.2 Å². The van der Waals surface area contributed by atoms with Gasteiger partial charge in [0.2, 0.25) is 5.91 Å². The maximum Gasteiger partial charge on any atom is 0.258 e. The highest BCUT2D eigenvalue weighted by Crippen LogP contribution is 2.29. The number of carbonyl (C=O) groups excluding carboxylic acids is 2. The molecule has 0 spiro atoms. The van der Waals surface area contributed by atoms with Crippen LogP contribution in [0.1, 0.15) is 56.6 Å². The van der Waals surface area contributed by atoms with E-state index in [2.05, 4.69) is 5.32 Å². The Bertz CT molecular complexity index is 1250. The quantitative estimate of drug-likeness (QED) is 0.365. The van der Waals surface area contributed by atoms with Crippen molar-refractivity contribution < 1.29 is 19.1 Å². The highest BCUT2D eigenvalue weighted by atomic mass is 35.5. The number of carbonyl (C=O) groups is 2. The Labute approximate surface area is 223 Å². The molecule has 0 saturated heterocycles. The highest BCUT2D eigenvalue weighted by Gasteiger charge is 2.25. The van der Waals surface area contributed by atoms with Crippen LogP contribution < -0.4 is 14.8 Å². The van der Waals surface area contributed by atoms with E-state index in [0.29, 0.717) is 40.1 Å². The summed E-state index contributed by atoms with van der Waals surface area (Å²) in [7, 11) is 3.05. The van der Waals surface area contributed by atoms with Gasteiger partial charge in [0, 0.05) is 24.1 Å². The van der Waals surface area contributed by atoms with Crippen molar-refractivity contribution in [3.63, 3.8) is 0 Å². The van der Waals surface area contributed by atoms with Gasteiger partial charge < -0.3 is 19.7 Å². The summed E-state index contributed by atoms with van der Waals surface area (Å²) in [5, 5.41) is 8.18. The fraction of sp³-hybridized carbons (Fsp3) is 0.393. The predicted octanol–water partition coefficient (Wildman–Crippen LogP) is 5.72. The van der Waals surface area contributed by atoms with Crippen LogP contribution in [0.3, 0.4) is 0 Å². The SMILES string of the molecule is CCCCN(CC(=O)Nc1cc(C(C)(C)C)nn1-c1ccccc1Cl)C(=O)c1ccc(OC)cc1OC. The first-order chi connectivity index (χ1) is 17.6. The van der Waals surface area contributed by atoms with Gasteiger partial charge in [0.25, 0.3) is 5.91 Å². The van der Waals surface area contributed by atoms with Crippen molar-refractivity contribution in [2.45, 2.75) is 46.0 Å². The molecule has 0 fully saturated rings. The number of amides is 2. The lowest BCUT2D eigenvalue weighted by molar-refractivity contribution is -0.117. The summed E-state index contributed by atoms with van der Waals surface area (Å²) in [6.45, 7) is 8.47. The normalized spacial score (nSPS) is 11.2. The van der Waals surface area contributed by atoms with Crippen molar-refractivity contribution in [1.29, 1.82) is 0 Å². The summed E-state index contributed by atoms with van der Waals surface area (Å²) in [6.07, 6.45) is 1.63. The van der Waals surface area contributed by atoms with Crippen molar-refractivity contribution in [3.05, 3.63) is 64.8 Å². The number of halogens is 1. The molecule has 1 N–H and O–H groups in total. The van der Waals surface area contributed by atoms with Gasteiger partial charge in [-0.05, 0) is 30.7 Å². The lowest BCUT2D eigenvalue weighted by atomic mass is 9.92. The molecular weight excluding hydrogens is 492 g/mol. The molecule has 0 radical (unpaired) electrons. The van der Waals surface area contributed by atoms with Crippen LogP contribution >= 0.6 is 11.6 Å². The summed E-state index contributed by atoms with van der Waals surface area (Å²) in [5.41, 5.74) is 1.56. The second kappa shape index (κ2) is 12.1. The van der Waals surface area contributed by atoms with Crippen LogP contribution in [-0.4, -0.2) is 53.8 Å². The third-order valence-electron chi connectivity index (χ3n) is 5.87. The Hall–Kier alpha value is -3.52. The minimum absolute atomic E-state index is 0.132. The molecule has 198 valence electrons. The number of aromatic nitrogens is 2. The van der Waals surface area contributed by atoms with Crippen molar-refractivity contribution in [3.8, 4) is 17.2 Å². The molecule has 2 aromatic carbocycles. The van der Waals surface area contributed by atoms with E-state index in [1.807, 2.05) is 52.0 Å². The molecule has 1 heterocycles. The minimum atomic E-state index is -0.342. The molecule has 37 heavy (non-hydrogen) atoms.